The summed E-state index contributed by atoms with van der Waals surface area (Å²) < 4.78 is 0. The molecule has 2 nitrogen and oxygen atoms in total. The fourth-order valence-corrected chi connectivity index (χ4v) is 1.21. The number of H-pyrrole nitrogens is 1. The number of fused-ring (bicyclic) bond motifs is 1. The van der Waals surface area contributed by atoms with Crippen LogP contribution in [0.2, 0.25) is 0 Å². The van der Waals surface area contributed by atoms with Crippen LogP contribution in [-0.2, 0) is 0 Å². The van der Waals surface area contributed by atoms with E-state index in [0.717, 1.165) is 5.39 Å². The van der Waals surface area contributed by atoms with Crippen LogP contribution in [0.3, 0.4) is 0 Å². The number of pyridine rings is 1. The maximum absolute atomic E-state index is 11.2. The molecule has 0 aliphatic heterocycles. The van der Waals surface area contributed by atoms with Crippen LogP contribution in [0.25, 0.3) is 10.8 Å². The summed E-state index contributed by atoms with van der Waals surface area (Å²) in [6.07, 6.45) is 1.62. The Balaban J connectivity index is 2.96. The van der Waals surface area contributed by atoms with Gasteiger partial charge in [0.2, 0.25) is 0 Å². The first-order valence-corrected chi connectivity index (χ1v) is 3.64. The maximum Gasteiger partial charge on any atom is 0.255 e. The van der Waals surface area contributed by atoms with Crippen LogP contribution in [0.4, 0.5) is 0 Å². The summed E-state index contributed by atoms with van der Waals surface area (Å²) >= 11 is 0. The Kier molecular flexibility index (Phi) is 1.50. The monoisotopic (exact) mass is 155 g/mol. The topological polar surface area (TPSA) is 32.9 Å². The van der Waals surface area contributed by atoms with E-state index >= 15 is 0 Å². The van der Waals surface area contributed by atoms with Gasteiger partial charge in [0.05, 0.1) is 0 Å². The summed E-state index contributed by atoms with van der Waals surface area (Å²) in [5.74, 6) is 0. The van der Waals surface area contributed by atoms with Gasteiger partial charge in [-0.15, -0.1) is 0 Å². The van der Waals surface area contributed by atoms with Crippen LogP contribution in [0.1, 0.15) is 0 Å². The summed E-state index contributed by atoms with van der Waals surface area (Å²) in [6, 6.07) is 7.05. The van der Waals surface area contributed by atoms with Crippen LogP contribution in [-0.4, -0.2) is 12.8 Å². The van der Waals surface area contributed by atoms with Crippen molar-refractivity contribution >= 4 is 24.1 Å². The SMILES string of the molecule is [B]c1ccc2c(=O)[nH]ccc2c1. The third-order valence-corrected chi connectivity index (χ3v) is 1.80. The van der Waals surface area contributed by atoms with Crippen molar-refractivity contribution in [2.45, 2.75) is 0 Å². The Labute approximate surface area is 70.6 Å². The first-order valence-electron chi connectivity index (χ1n) is 3.64. The van der Waals surface area contributed by atoms with Crippen LogP contribution in [0.15, 0.2) is 35.3 Å². The molecular weight excluding hydrogens is 149 g/mol. The lowest BCUT2D eigenvalue weighted by Gasteiger charge is -1.96. The zero-order valence-electron chi connectivity index (χ0n) is 6.37. The Bertz CT molecular complexity index is 475. The van der Waals surface area contributed by atoms with E-state index in [-0.39, 0.29) is 5.56 Å². The highest BCUT2D eigenvalue weighted by Crippen LogP contribution is 2.04. The van der Waals surface area contributed by atoms with Crippen molar-refractivity contribution in [2.24, 2.45) is 0 Å². The predicted molar refractivity (Wildman–Crippen MR) is 50.0 cm³/mol. The summed E-state index contributed by atoms with van der Waals surface area (Å²) in [4.78, 5) is 13.8. The molecule has 2 aromatic rings. The van der Waals surface area contributed by atoms with Crippen LogP contribution in [0, 0.1) is 0 Å². The lowest BCUT2D eigenvalue weighted by Crippen LogP contribution is -2.07. The molecule has 12 heavy (non-hydrogen) atoms. The minimum Gasteiger partial charge on any atom is -0.329 e. The second-order valence-corrected chi connectivity index (χ2v) is 2.65. The molecule has 1 heterocycles. The Morgan fingerprint density at radius 1 is 1.25 bits per heavy atom. The summed E-state index contributed by atoms with van der Waals surface area (Å²) in [6.45, 7) is 0. The fourth-order valence-electron chi connectivity index (χ4n) is 1.21. The molecule has 3 heteroatoms. The normalized spacial score (nSPS) is 10.3. The lowest BCUT2D eigenvalue weighted by molar-refractivity contribution is 1.28. The van der Waals surface area contributed by atoms with Crippen molar-refractivity contribution in [1.82, 2.24) is 4.98 Å². The Hall–Kier alpha value is -1.51. The number of aromatic amines is 1. The van der Waals surface area contributed by atoms with Gasteiger partial charge in [0, 0.05) is 11.6 Å². The van der Waals surface area contributed by atoms with Gasteiger partial charge in [-0.05, 0) is 17.5 Å². The second kappa shape index (κ2) is 2.52. The molecule has 0 saturated carbocycles. The number of nitrogens with one attached hydrogen (secondary N) is 1. The van der Waals surface area contributed by atoms with Gasteiger partial charge in [-0.2, -0.15) is 0 Å². The summed E-state index contributed by atoms with van der Waals surface area (Å²) in [7, 11) is 5.56. The number of aromatic nitrogens is 1. The number of benzene rings is 1. The summed E-state index contributed by atoms with van der Waals surface area (Å²) in [5, 5.41) is 1.55. The minimum atomic E-state index is -0.0764. The van der Waals surface area contributed by atoms with Crippen LogP contribution >= 0.6 is 0 Å². The van der Waals surface area contributed by atoms with E-state index in [1.54, 1.807) is 24.4 Å². The number of hydrogen-bond acceptors (Lipinski definition) is 1. The molecule has 2 radical (unpaired) electrons. The predicted octanol–water partition coefficient (Wildman–Crippen LogP) is 0.322. The molecule has 0 aliphatic rings. The van der Waals surface area contributed by atoms with Gasteiger partial charge >= 0.3 is 0 Å². The van der Waals surface area contributed by atoms with E-state index in [1.807, 2.05) is 6.07 Å². The highest BCUT2D eigenvalue weighted by molar-refractivity contribution is 6.33. The maximum atomic E-state index is 11.2. The molecule has 0 bridgehead atoms. The molecule has 0 atom stereocenters. The van der Waals surface area contributed by atoms with Gasteiger partial charge in [-0.25, -0.2) is 0 Å². The van der Waals surface area contributed by atoms with Crippen molar-refractivity contribution in [1.29, 1.82) is 0 Å². The molecule has 0 amide bonds. The largest absolute Gasteiger partial charge is 0.329 e. The van der Waals surface area contributed by atoms with Gasteiger partial charge < -0.3 is 4.98 Å². The fraction of sp³-hybridized carbons (Fsp3) is 0. The standard InChI is InChI=1S/C9H6BNO/c10-7-1-2-8-6(5-7)3-4-11-9(8)12/h1-5H,(H,11,12). The molecule has 1 aromatic carbocycles. The molecule has 0 saturated heterocycles. The van der Waals surface area contributed by atoms with E-state index < -0.39 is 0 Å². The zero-order chi connectivity index (χ0) is 8.55. The summed E-state index contributed by atoms with van der Waals surface area (Å²) in [5.41, 5.74) is 0.598. The zero-order valence-corrected chi connectivity index (χ0v) is 6.37. The Morgan fingerprint density at radius 2 is 2.08 bits per heavy atom. The molecule has 1 N–H and O–H groups in total. The quantitative estimate of drug-likeness (QED) is 0.546. The molecule has 2 rings (SSSR count). The highest BCUT2D eigenvalue weighted by atomic mass is 16.1. The van der Waals surface area contributed by atoms with Crippen molar-refractivity contribution < 1.29 is 0 Å². The van der Waals surface area contributed by atoms with Gasteiger partial charge in [-0.3, -0.25) is 4.79 Å². The van der Waals surface area contributed by atoms with E-state index in [2.05, 4.69) is 4.98 Å². The average molecular weight is 155 g/mol. The molecule has 0 fully saturated rings. The van der Waals surface area contributed by atoms with Gasteiger partial charge in [-0.1, -0.05) is 17.6 Å². The van der Waals surface area contributed by atoms with Crippen molar-refractivity contribution in [3.63, 3.8) is 0 Å². The highest BCUT2D eigenvalue weighted by Gasteiger charge is 1.95. The van der Waals surface area contributed by atoms with Gasteiger partial charge in [0.1, 0.15) is 7.85 Å². The van der Waals surface area contributed by atoms with Gasteiger partial charge in [0.15, 0.2) is 0 Å². The number of rotatable bonds is 0. The van der Waals surface area contributed by atoms with Crippen molar-refractivity contribution in [2.75, 3.05) is 0 Å². The van der Waals surface area contributed by atoms with E-state index in [1.165, 1.54) is 0 Å². The lowest BCUT2D eigenvalue weighted by atomic mass is 9.94. The number of hydrogen-bond donors (Lipinski definition) is 1. The van der Waals surface area contributed by atoms with E-state index in [9.17, 15) is 4.79 Å². The van der Waals surface area contributed by atoms with Crippen molar-refractivity contribution in [3.8, 4) is 0 Å². The molecule has 0 spiro atoms. The first-order chi connectivity index (χ1) is 5.77. The van der Waals surface area contributed by atoms with E-state index in [4.69, 9.17) is 7.85 Å². The van der Waals surface area contributed by atoms with Gasteiger partial charge in [0.25, 0.3) is 5.56 Å². The Morgan fingerprint density at radius 3 is 2.92 bits per heavy atom. The van der Waals surface area contributed by atoms with Crippen LogP contribution < -0.4 is 11.0 Å². The smallest absolute Gasteiger partial charge is 0.255 e. The van der Waals surface area contributed by atoms with Crippen molar-refractivity contribution in [3.05, 3.63) is 40.8 Å². The first kappa shape index (κ1) is 7.16. The molecule has 56 valence electrons. The molecular formula is C9H6BNO. The molecule has 1 aromatic heterocycles. The average Bonchev–Trinajstić information content (AvgIpc) is 2.04. The molecule has 0 aliphatic carbocycles. The third-order valence-electron chi connectivity index (χ3n) is 1.80. The second-order valence-electron chi connectivity index (χ2n) is 2.65. The van der Waals surface area contributed by atoms with Crippen LogP contribution in [0.5, 0.6) is 0 Å². The van der Waals surface area contributed by atoms with E-state index in [0.29, 0.717) is 10.8 Å². The molecule has 0 unspecified atom stereocenters. The minimum absolute atomic E-state index is 0.0764. The third kappa shape index (κ3) is 1.03.